The summed E-state index contributed by atoms with van der Waals surface area (Å²) >= 11 is 3.53. The fourth-order valence-electron chi connectivity index (χ4n) is 5.72. The lowest BCUT2D eigenvalue weighted by Gasteiger charge is -2.21. The molecule has 0 spiro atoms. The minimum absolute atomic E-state index is 0.0484. The number of phenols is 2. The number of fused-ring (bicyclic) bond motifs is 6. The molecule has 4 aromatic rings. The van der Waals surface area contributed by atoms with Crippen LogP contribution in [0.15, 0.2) is 77.3 Å². The van der Waals surface area contributed by atoms with Gasteiger partial charge in [0.05, 0.1) is 6.61 Å². The number of rotatable bonds is 1. The van der Waals surface area contributed by atoms with Gasteiger partial charge >= 0.3 is 0 Å². The lowest BCUT2D eigenvalue weighted by molar-refractivity contribution is 0.305. The summed E-state index contributed by atoms with van der Waals surface area (Å²) in [6.07, 6.45) is 0.495. The maximum absolute atomic E-state index is 9.76. The Labute approximate surface area is 232 Å². The Morgan fingerprint density at radius 1 is 0.632 bits per heavy atom. The Bertz CT molecular complexity index is 1570. The van der Waals surface area contributed by atoms with Gasteiger partial charge in [0.1, 0.15) is 11.5 Å². The summed E-state index contributed by atoms with van der Waals surface area (Å²) in [7, 11) is 0. The second-order valence-corrected chi connectivity index (χ2v) is 11.9. The van der Waals surface area contributed by atoms with Crippen LogP contribution in [0.5, 0.6) is 11.5 Å². The first-order chi connectivity index (χ1) is 18.0. The highest BCUT2D eigenvalue weighted by molar-refractivity contribution is 9.10. The van der Waals surface area contributed by atoms with E-state index in [-0.39, 0.29) is 17.4 Å². The van der Waals surface area contributed by atoms with E-state index in [1.54, 1.807) is 12.1 Å². The maximum atomic E-state index is 9.76. The largest absolute Gasteiger partial charge is 0.508 e. The van der Waals surface area contributed by atoms with E-state index >= 15 is 0 Å². The summed E-state index contributed by atoms with van der Waals surface area (Å²) in [6.45, 7) is 8.82. The predicted octanol–water partition coefficient (Wildman–Crippen LogP) is 7.89. The van der Waals surface area contributed by atoms with Gasteiger partial charge < -0.3 is 15.3 Å². The summed E-state index contributed by atoms with van der Waals surface area (Å²) < 4.78 is 1.10. The first kappa shape index (κ1) is 26.1. The van der Waals surface area contributed by atoms with E-state index < -0.39 is 0 Å². The smallest absolute Gasteiger partial charge is 0.115 e. The van der Waals surface area contributed by atoms with Crippen molar-refractivity contribution in [2.75, 3.05) is 6.61 Å². The van der Waals surface area contributed by atoms with Crippen LogP contribution in [0, 0.1) is 11.8 Å². The second-order valence-electron chi connectivity index (χ2n) is 10.9. The third kappa shape index (κ3) is 4.41. The van der Waals surface area contributed by atoms with Gasteiger partial charge in [0.2, 0.25) is 0 Å². The topological polar surface area (TPSA) is 60.7 Å². The number of aliphatic hydroxyl groups is 1. The number of halogens is 1. The van der Waals surface area contributed by atoms with Crippen LogP contribution in [-0.2, 0) is 10.8 Å². The molecule has 0 unspecified atom stereocenters. The molecule has 0 atom stereocenters. The SMILES string of the molecule is CC1(C)c2cc(O)ccc2-c2ccc(Br)cc21.CC1(C)c2cc(O)ccc2-c2ccc(C#CCCO)cc21. The fraction of sp³-hybridized carbons (Fsp3) is 0.235. The van der Waals surface area contributed by atoms with Crippen molar-refractivity contribution in [1.29, 1.82) is 0 Å². The van der Waals surface area contributed by atoms with E-state index in [4.69, 9.17) is 5.11 Å². The molecule has 0 aliphatic heterocycles. The fourth-order valence-corrected chi connectivity index (χ4v) is 6.08. The van der Waals surface area contributed by atoms with Crippen LogP contribution in [-0.4, -0.2) is 21.9 Å². The van der Waals surface area contributed by atoms with Crippen molar-refractivity contribution >= 4 is 15.9 Å². The molecule has 38 heavy (non-hydrogen) atoms. The van der Waals surface area contributed by atoms with Crippen molar-refractivity contribution in [3.63, 3.8) is 0 Å². The van der Waals surface area contributed by atoms with Crippen molar-refractivity contribution in [1.82, 2.24) is 0 Å². The lowest BCUT2D eigenvalue weighted by atomic mass is 9.82. The van der Waals surface area contributed by atoms with Gasteiger partial charge in [-0.2, -0.15) is 0 Å². The number of phenolic OH excluding ortho intramolecular Hbond substituents is 2. The molecule has 0 bridgehead atoms. The van der Waals surface area contributed by atoms with E-state index in [2.05, 4.69) is 85.8 Å². The lowest BCUT2D eigenvalue weighted by Crippen LogP contribution is -2.15. The van der Waals surface area contributed by atoms with Gasteiger partial charge in [0, 0.05) is 27.3 Å². The number of aliphatic hydroxyl groups excluding tert-OH is 1. The summed E-state index contributed by atoms with van der Waals surface area (Å²) in [5, 5.41) is 28.2. The van der Waals surface area contributed by atoms with Crippen molar-refractivity contribution in [2.45, 2.75) is 44.9 Å². The molecule has 4 heteroatoms. The standard InChI is InChI=1S/C19H18O2.C15H13BrO/c1-19(2)17-11-13(5-3-4-10-20)6-8-15(17)16-9-7-14(21)12-18(16)19;1-15(2)13-7-9(16)3-5-11(13)12-6-4-10(17)8-14(12)15/h6-9,11-12,20-21H,4,10H2,1-2H3;3-8,17H,1-2H3. The molecular formula is C34H31BrO3. The van der Waals surface area contributed by atoms with Crippen LogP contribution >= 0.6 is 15.9 Å². The van der Waals surface area contributed by atoms with Crippen molar-refractivity contribution in [2.24, 2.45) is 0 Å². The molecular weight excluding hydrogens is 536 g/mol. The molecule has 0 radical (unpaired) electrons. The molecule has 0 saturated carbocycles. The van der Waals surface area contributed by atoms with Gasteiger partial charge in [-0.25, -0.2) is 0 Å². The van der Waals surface area contributed by atoms with E-state index in [1.807, 2.05) is 30.3 Å². The highest BCUT2D eigenvalue weighted by Crippen LogP contribution is 2.51. The van der Waals surface area contributed by atoms with Gasteiger partial charge in [-0.15, -0.1) is 0 Å². The Balaban J connectivity index is 0.000000158. The molecule has 3 N–H and O–H groups in total. The summed E-state index contributed by atoms with van der Waals surface area (Å²) in [5.74, 6) is 6.69. The first-order valence-corrected chi connectivity index (χ1v) is 13.6. The van der Waals surface area contributed by atoms with Crippen LogP contribution < -0.4 is 0 Å². The van der Waals surface area contributed by atoms with Crippen LogP contribution in [0.3, 0.4) is 0 Å². The van der Waals surface area contributed by atoms with Crippen molar-refractivity contribution < 1.29 is 15.3 Å². The van der Waals surface area contributed by atoms with Gasteiger partial charge in [-0.3, -0.25) is 0 Å². The molecule has 6 rings (SSSR count). The van der Waals surface area contributed by atoms with Crippen molar-refractivity contribution in [3.05, 3.63) is 105 Å². The minimum Gasteiger partial charge on any atom is -0.508 e. The molecule has 0 aromatic heterocycles. The second kappa shape index (κ2) is 9.66. The van der Waals surface area contributed by atoms with E-state index in [1.165, 1.54) is 38.9 Å². The zero-order valence-electron chi connectivity index (χ0n) is 22.1. The average Bonchev–Trinajstić information content (AvgIpc) is 3.23. The molecule has 0 saturated heterocycles. The van der Waals surface area contributed by atoms with E-state index in [0.29, 0.717) is 17.9 Å². The Kier molecular flexibility index (Phi) is 6.63. The number of benzene rings is 4. The number of hydrogen-bond acceptors (Lipinski definition) is 3. The summed E-state index contributed by atoms with van der Waals surface area (Å²) in [6, 6.07) is 23.8. The van der Waals surface area contributed by atoms with Gasteiger partial charge in [0.15, 0.2) is 0 Å². The maximum Gasteiger partial charge on any atom is 0.115 e. The van der Waals surface area contributed by atoms with Gasteiger partial charge in [-0.1, -0.05) is 79.7 Å². The average molecular weight is 568 g/mol. The molecule has 2 aliphatic carbocycles. The Hall–Kier alpha value is -3.52. The Morgan fingerprint density at radius 2 is 1.08 bits per heavy atom. The number of hydrogen-bond donors (Lipinski definition) is 3. The monoisotopic (exact) mass is 566 g/mol. The zero-order valence-corrected chi connectivity index (χ0v) is 23.6. The van der Waals surface area contributed by atoms with Crippen LogP contribution in [0.4, 0.5) is 0 Å². The number of aromatic hydroxyl groups is 2. The molecule has 4 aromatic carbocycles. The van der Waals surface area contributed by atoms with Gasteiger partial charge in [-0.05, 0) is 93.0 Å². The Morgan fingerprint density at radius 3 is 1.61 bits per heavy atom. The van der Waals surface area contributed by atoms with E-state index in [0.717, 1.165) is 15.6 Å². The predicted molar refractivity (Wildman–Crippen MR) is 158 cm³/mol. The molecule has 0 amide bonds. The highest BCUT2D eigenvalue weighted by atomic mass is 79.9. The third-order valence-electron chi connectivity index (χ3n) is 7.75. The highest BCUT2D eigenvalue weighted by Gasteiger charge is 2.36. The van der Waals surface area contributed by atoms with Crippen molar-refractivity contribution in [3.8, 4) is 45.6 Å². The van der Waals surface area contributed by atoms with Gasteiger partial charge in [0.25, 0.3) is 0 Å². The zero-order chi connectivity index (χ0) is 27.2. The summed E-state index contributed by atoms with van der Waals surface area (Å²) in [4.78, 5) is 0. The molecule has 192 valence electrons. The normalized spacial score (nSPS) is 14.7. The molecule has 0 fully saturated rings. The van der Waals surface area contributed by atoms with Crippen LogP contribution in [0.2, 0.25) is 0 Å². The van der Waals surface area contributed by atoms with Crippen LogP contribution in [0.1, 0.15) is 61.9 Å². The first-order valence-electron chi connectivity index (χ1n) is 12.8. The summed E-state index contributed by atoms with van der Waals surface area (Å²) in [5.41, 5.74) is 10.6. The quantitative estimate of drug-likeness (QED) is 0.205. The van der Waals surface area contributed by atoms with E-state index in [9.17, 15) is 10.2 Å². The molecule has 0 heterocycles. The molecule has 2 aliphatic rings. The molecule has 3 nitrogen and oxygen atoms in total. The minimum atomic E-state index is -0.141. The van der Waals surface area contributed by atoms with Crippen LogP contribution in [0.25, 0.3) is 22.3 Å². The third-order valence-corrected chi connectivity index (χ3v) is 8.24.